The first-order valence-electron chi connectivity index (χ1n) is 6.45. The lowest BCUT2D eigenvalue weighted by atomic mass is 10.1. The number of furan rings is 1. The van der Waals surface area contributed by atoms with E-state index in [4.69, 9.17) is 14.7 Å². The molecule has 1 aromatic carbocycles. The average molecular weight is 269 g/mol. The zero-order chi connectivity index (χ0) is 13.9. The van der Waals surface area contributed by atoms with Gasteiger partial charge in [-0.1, -0.05) is 17.3 Å². The van der Waals surface area contributed by atoms with Gasteiger partial charge in [-0.15, -0.1) is 0 Å². The Morgan fingerprint density at radius 2 is 1.95 bits per heavy atom. The molecule has 20 heavy (non-hydrogen) atoms. The van der Waals surface area contributed by atoms with Crippen LogP contribution in [-0.2, 0) is 6.42 Å². The first-order chi connectivity index (χ1) is 9.78. The smallest absolute Gasteiger partial charge is 0.258 e. The fourth-order valence-corrected chi connectivity index (χ4v) is 2.05. The highest BCUT2D eigenvalue weighted by Crippen LogP contribution is 2.25. The molecule has 2 heterocycles. The van der Waals surface area contributed by atoms with Gasteiger partial charge in [0.05, 0.1) is 11.8 Å². The van der Waals surface area contributed by atoms with Gasteiger partial charge >= 0.3 is 0 Å². The average Bonchev–Trinajstić information content (AvgIpc) is 3.08. The topological polar surface area (TPSA) is 78.1 Å². The third kappa shape index (κ3) is 2.35. The molecule has 0 unspecified atom stereocenters. The Bertz CT molecular complexity index is 698. The molecule has 3 aromatic rings. The van der Waals surface area contributed by atoms with E-state index in [0.717, 1.165) is 23.3 Å². The van der Waals surface area contributed by atoms with Crippen molar-refractivity contribution in [3.05, 3.63) is 47.9 Å². The Balaban J connectivity index is 1.88. The minimum atomic E-state index is 0.500. The molecule has 0 aliphatic heterocycles. The molecule has 3 rings (SSSR count). The molecule has 2 aromatic heterocycles. The summed E-state index contributed by atoms with van der Waals surface area (Å²) in [5, 5.41) is 3.99. The Morgan fingerprint density at radius 3 is 2.60 bits per heavy atom. The first-order valence-corrected chi connectivity index (χ1v) is 6.45. The van der Waals surface area contributed by atoms with Crippen molar-refractivity contribution in [1.29, 1.82) is 0 Å². The van der Waals surface area contributed by atoms with Crippen LogP contribution in [0.4, 0.5) is 0 Å². The maximum Gasteiger partial charge on any atom is 0.258 e. The molecule has 0 saturated heterocycles. The second-order valence-corrected chi connectivity index (χ2v) is 4.55. The van der Waals surface area contributed by atoms with Crippen LogP contribution in [0.5, 0.6) is 0 Å². The van der Waals surface area contributed by atoms with Gasteiger partial charge in [-0.25, -0.2) is 0 Å². The van der Waals surface area contributed by atoms with Crippen molar-refractivity contribution >= 4 is 0 Å². The van der Waals surface area contributed by atoms with Gasteiger partial charge in [0.15, 0.2) is 0 Å². The molecule has 0 atom stereocenters. The van der Waals surface area contributed by atoms with E-state index in [1.807, 2.05) is 37.3 Å². The number of aryl methyl sites for hydroxylation is 1. The number of nitrogens with zero attached hydrogens (tertiary/aromatic N) is 2. The lowest BCUT2D eigenvalue weighted by Gasteiger charge is -1.98. The van der Waals surface area contributed by atoms with Crippen molar-refractivity contribution in [3.8, 4) is 22.8 Å². The summed E-state index contributed by atoms with van der Waals surface area (Å²) >= 11 is 0. The third-order valence-electron chi connectivity index (χ3n) is 3.16. The van der Waals surface area contributed by atoms with Gasteiger partial charge in [0.2, 0.25) is 5.82 Å². The van der Waals surface area contributed by atoms with Gasteiger partial charge in [-0.3, -0.25) is 0 Å². The van der Waals surface area contributed by atoms with Gasteiger partial charge in [0.1, 0.15) is 5.76 Å². The Hall–Kier alpha value is -2.40. The molecule has 0 radical (unpaired) electrons. The van der Waals surface area contributed by atoms with E-state index in [2.05, 4.69) is 10.1 Å². The summed E-state index contributed by atoms with van der Waals surface area (Å²) in [5.74, 6) is 1.81. The number of nitrogens with two attached hydrogens (primary N) is 1. The molecule has 102 valence electrons. The van der Waals surface area contributed by atoms with E-state index in [-0.39, 0.29) is 0 Å². The first kappa shape index (κ1) is 12.6. The van der Waals surface area contributed by atoms with Crippen molar-refractivity contribution in [2.45, 2.75) is 13.3 Å². The summed E-state index contributed by atoms with van der Waals surface area (Å²) < 4.78 is 10.5. The highest BCUT2D eigenvalue weighted by molar-refractivity contribution is 5.61. The van der Waals surface area contributed by atoms with Crippen molar-refractivity contribution in [3.63, 3.8) is 0 Å². The largest absolute Gasteiger partial charge is 0.469 e. The van der Waals surface area contributed by atoms with Gasteiger partial charge < -0.3 is 14.7 Å². The molecule has 0 aliphatic carbocycles. The number of hydrogen-bond acceptors (Lipinski definition) is 5. The van der Waals surface area contributed by atoms with E-state index in [0.29, 0.717) is 18.3 Å². The maximum atomic E-state index is 5.53. The van der Waals surface area contributed by atoms with Crippen LogP contribution in [0.1, 0.15) is 11.3 Å². The zero-order valence-corrected chi connectivity index (χ0v) is 11.2. The second kappa shape index (κ2) is 5.30. The van der Waals surface area contributed by atoms with Crippen LogP contribution in [0.2, 0.25) is 0 Å². The van der Waals surface area contributed by atoms with Crippen LogP contribution < -0.4 is 5.73 Å². The lowest BCUT2D eigenvalue weighted by molar-refractivity contribution is 0.432. The van der Waals surface area contributed by atoms with Crippen molar-refractivity contribution < 1.29 is 8.94 Å². The molecule has 5 heteroatoms. The molecule has 2 N–H and O–H groups in total. The van der Waals surface area contributed by atoms with E-state index in [1.165, 1.54) is 5.56 Å². The highest BCUT2D eigenvalue weighted by atomic mass is 16.5. The number of benzene rings is 1. The van der Waals surface area contributed by atoms with E-state index >= 15 is 0 Å². The molecule has 0 bridgehead atoms. The number of aromatic nitrogens is 2. The second-order valence-electron chi connectivity index (χ2n) is 4.55. The summed E-state index contributed by atoms with van der Waals surface area (Å²) in [6.45, 7) is 2.51. The molecule has 0 aliphatic rings. The van der Waals surface area contributed by atoms with Crippen LogP contribution in [0.3, 0.4) is 0 Å². The van der Waals surface area contributed by atoms with Crippen molar-refractivity contribution in [1.82, 2.24) is 10.1 Å². The van der Waals surface area contributed by atoms with Crippen LogP contribution >= 0.6 is 0 Å². The fraction of sp³-hybridized carbons (Fsp3) is 0.200. The van der Waals surface area contributed by atoms with Crippen LogP contribution in [0.25, 0.3) is 22.8 Å². The summed E-state index contributed by atoms with van der Waals surface area (Å²) in [6, 6.07) is 9.80. The van der Waals surface area contributed by atoms with Crippen LogP contribution in [0, 0.1) is 6.92 Å². The highest BCUT2D eigenvalue weighted by Gasteiger charge is 2.13. The fourth-order valence-electron chi connectivity index (χ4n) is 2.05. The maximum absolute atomic E-state index is 5.53. The normalized spacial score (nSPS) is 10.9. The predicted molar refractivity (Wildman–Crippen MR) is 74.9 cm³/mol. The molecule has 0 amide bonds. The molecule has 5 nitrogen and oxygen atoms in total. The van der Waals surface area contributed by atoms with Gasteiger partial charge in [0.25, 0.3) is 5.89 Å². The molecule has 0 fully saturated rings. The van der Waals surface area contributed by atoms with Crippen molar-refractivity contribution in [2.75, 3.05) is 6.54 Å². The SMILES string of the molecule is Cc1occc1-c1noc(-c2ccc(CCN)cc2)n1. The van der Waals surface area contributed by atoms with Crippen LogP contribution in [0.15, 0.2) is 45.5 Å². The minimum Gasteiger partial charge on any atom is -0.469 e. The predicted octanol–water partition coefficient (Wildman–Crippen LogP) is 2.81. The quantitative estimate of drug-likeness (QED) is 0.788. The van der Waals surface area contributed by atoms with Gasteiger partial charge in [-0.05, 0) is 43.7 Å². The molecular weight excluding hydrogens is 254 g/mol. The standard InChI is InChI=1S/C15H15N3O2/c1-10-13(7-9-19-10)14-17-15(20-18-14)12-4-2-11(3-5-12)6-8-16/h2-5,7,9H,6,8,16H2,1H3. The number of hydrogen-bond donors (Lipinski definition) is 1. The minimum absolute atomic E-state index is 0.500. The summed E-state index contributed by atoms with van der Waals surface area (Å²) in [7, 11) is 0. The van der Waals surface area contributed by atoms with E-state index < -0.39 is 0 Å². The third-order valence-corrected chi connectivity index (χ3v) is 3.16. The molecule has 0 spiro atoms. The molecular formula is C15H15N3O2. The monoisotopic (exact) mass is 269 g/mol. The number of rotatable bonds is 4. The molecule has 0 saturated carbocycles. The Morgan fingerprint density at radius 1 is 1.15 bits per heavy atom. The van der Waals surface area contributed by atoms with Crippen molar-refractivity contribution in [2.24, 2.45) is 5.73 Å². The van der Waals surface area contributed by atoms with Crippen LogP contribution in [-0.4, -0.2) is 16.7 Å². The summed E-state index contributed by atoms with van der Waals surface area (Å²) in [5.41, 5.74) is 8.47. The van der Waals surface area contributed by atoms with Gasteiger partial charge in [0, 0.05) is 5.56 Å². The lowest BCUT2D eigenvalue weighted by Crippen LogP contribution is -2.02. The van der Waals surface area contributed by atoms with E-state index in [1.54, 1.807) is 6.26 Å². The summed E-state index contributed by atoms with van der Waals surface area (Å²) in [4.78, 5) is 4.40. The zero-order valence-electron chi connectivity index (χ0n) is 11.2. The van der Waals surface area contributed by atoms with E-state index in [9.17, 15) is 0 Å². The Labute approximate surface area is 116 Å². The Kier molecular flexibility index (Phi) is 3.35. The summed E-state index contributed by atoms with van der Waals surface area (Å²) in [6.07, 6.45) is 2.48. The van der Waals surface area contributed by atoms with Gasteiger partial charge in [-0.2, -0.15) is 4.98 Å².